The van der Waals surface area contributed by atoms with Gasteiger partial charge in [0.05, 0.1) is 52.9 Å². The van der Waals surface area contributed by atoms with Gasteiger partial charge in [0.1, 0.15) is 159 Å². The Balaban J connectivity index is 1.03. The van der Waals surface area contributed by atoms with Gasteiger partial charge in [0.25, 0.3) is 0 Å². The number of hydrogen-bond acceptors (Lipinski definition) is 35. The van der Waals surface area contributed by atoms with Crippen LogP contribution >= 0.6 is 0 Å². The van der Waals surface area contributed by atoms with Gasteiger partial charge in [-0.05, 0) is 0 Å². The first-order valence-corrected chi connectivity index (χ1v) is 24.6. The van der Waals surface area contributed by atoms with E-state index in [1.54, 1.807) is 0 Å². The van der Waals surface area contributed by atoms with Crippen LogP contribution in [0.15, 0.2) is 0 Å². The lowest BCUT2D eigenvalue weighted by molar-refractivity contribution is -0.308. The van der Waals surface area contributed by atoms with E-state index in [0.29, 0.717) is 0 Å². The molecule has 0 radical (unpaired) electrons. The van der Waals surface area contributed by atoms with Crippen LogP contribution in [0.1, 0.15) is 0 Å². The van der Waals surface area contributed by atoms with Gasteiger partial charge in [-0.25, -0.2) is 0 Å². The van der Waals surface area contributed by atoms with Crippen LogP contribution in [0.3, 0.4) is 0 Å². The normalized spacial score (nSPS) is 53.3. The smallest absolute Gasteiger partial charge is 0.187 e. The van der Waals surface area contributed by atoms with Gasteiger partial charge in [-0.15, -0.1) is 0 Å². The summed E-state index contributed by atoms with van der Waals surface area (Å²) in [6.07, 6.45) is -58.6. The van der Waals surface area contributed by atoms with E-state index in [0.717, 1.165) is 0 Å². The first kappa shape index (κ1) is 61.7. The molecule has 8 aliphatic heterocycles. The van der Waals surface area contributed by atoms with Gasteiger partial charge in [0.2, 0.25) is 0 Å². The summed E-state index contributed by atoms with van der Waals surface area (Å²) in [5, 5.41) is 209. The number of aliphatic hydroxyl groups excluding tert-OH is 20. The molecule has 0 bridgehead atoms. The summed E-state index contributed by atoms with van der Waals surface area (Å²) in [6, 6.07) is 0. The zero-order chi connectivity index (χ0) is 55.9. The van der Waals surface area contributed by atoms with Crippen molar-refractivity contribution < 1.29 is 173 Å². The van der Waals surface area contributed by atoms with E-state index in [9.17, 15) is 102 Å². The maximum Gasteiger partial charge on any atom is 0.187 e. The fraction of sp³-hybridized carbons (Fsp3) is 1.00. The molecular formula is C42H70O35. The average Bonchev–Trinajstić information content (AvgIpc) is 4.21. The van der Waals surface area contributed by atoms with Crippen LogP contribution in [0.4, 0.5) is 0 Å². The molecule has 8 heterocycles. The lowest BCUT2D eigenvalue weighted by Gasteiger charge is -2.39. The highest BCUT2D eigenvalue weighted by Crippen LogP contribution is 2.38. The van der Waals surface area contributed by atoms with Crippen LogP contribution in [0, 0.1) is 0 Å². The van der Waals surface area contributed by atoms with Crippen LogP contribution in [0.25, 0.3) is 0 Å². The molecule has 35 nitrogen and oxygen atoms in total. The number of hydrogen-bond donors (Lipinski definition) is 20. The number of aliphatic hydroxyl groups is 20. The minimum absolute atomic E-state index is 0.668. The topological polar surface area (TPSA) is 543 Å². The van der Waals surface area contributed by atoms with Crippen LogP contribution in [-0.2, 0) is 71.1 Å². The van der Waals surface area contributed by atoms with Gasteiger partial charge in [0, 0.05) is 0 Å². The fourth-order valence-corrected chi connectivity index (χ4v) is 9.82. The van der Waals surface area contributed by atoms with Crippen LogP contribution in [0.5, 0.6) is 0 Å². The Kier molecular flexibility index (Phi) is 21.2. The first-order valence-electron chi connectivity index (χ1n) is 24.6. The molecule has 0 aromatic carbocycles. The molecular weight excluding hydrogens is 1060 g/mol. The average molecular weight is 1130 g/mol. The van der Waals surface area contributed by atoms with Gasteiger partial charge < -0.3 is 173 Å². The lowest BCUT2D eigenvalue weighted by Crippen LogP contribution is -2.59. The zero-order valence-corrected chi connectivity index (χ0v) is 40.4. The monoisotopic (exact) mass is 1130 g/mol. The Morgan fingerprint density at radius 1 is 0.221 bits per heavy atom. The van der Waals surface area contributed by atoms with E-state index in [1.165, 1.54) is 0 Å². The summed E-state index contributed by atoms with van der Waals surface area (Å²) in [5.41, 5.74) is 0. The third kappa shape index (κ3) is 12.9. The molecule has 8 fully saturated rings. The molecule has 0 aliphatic carbocycles. The standard InChI is InChI=1S/C42H70O35/c43-1-9-17(47)24(54)29(59)36(68-9)63-6-14-22(52)33(76-39-27(57)19(49)11(3-45)70-39)41(72-14)66-8-16-32(31(61)38(74-16)65-5-13-21(51)26(56)35(62)67-13)75-42-34(77-40-28(58)20(50)12(4-46)71-40)23(53)15(73-42)7-64-37-30(60)25(55)18(48)10(2-44)69-37/h9-62H,1-8H2/t9-,10-,11-,12-,13-,14-,15-,16-,17-,18-,19-,20-,21-,22-,23-,24+,25+,26+,27+,28+,29+,30+,31+,32-,33+,34+,35?,36+,37+,38+,39+,40+,41+,42-/m1/s1. The van der Waals surface area contributed by atoms with E-state index in [4.69, 9.17) is 71.1 Å². The second-order valence-electron chi connectivity index (χ2n) is 19.6. The Morgan fingerprint density at radius 2 is 0.506 bits per heavy atom. The van der Waals surface area contributed by atoms with E-state index >= 15 is 0 Å². The summed E-state index contributed by atoms with van der Waals surface area (Å²) < 4.78 is 85.7. The largest absolute Gasteiger partial charge is 0.394 e. The van der Waals surface area contributed by atoms with Crippen molar-refractivity contribution >= 4 is 0 Å². The predicted molar refractivity (Wildman–Crippen MR) is 228 cm³/mol. The Labute approximate surface area is 434 Å². The summed E-state index contributed by atoms with van der Waals surface area (Å²) in [5.74, 6) is 0. The second kappa shape index (κ2) is 26.5. The molecule has 8 rings (SSSR count). The highest BCUT2D eigenvalue weighted by molar-refractivity contribution is 4.98. The van der Waals surface area contributed by atoms with Crippen molar-refractivity contribution in [2.45, 2.75) is 209 Å². The molecule has 0 aromatic rings. The maximum absolute atomic E-state index is 11.8. The van der Waals surface area contributed by atoms with Crippen LogP contribution < -0.4 is 0 Å². The molecule has 77 heavy (non-hydrogen) atoms. The van der Waals surface area contributed by atoms with Crippen LogP contribution in [-0.4, -0.2) is 364 Å². The SMILES string of the molecule is OC[C@H]1O[C@H](OC[C@H]2O[C@H](OC[C@H]3O[C@H](OC[C@H]4OC(O)[C@@H](O)[C@@H]4O)[C@@H](O)[C@@H]3O[C@H]3O[C@H](CO[C@H]4O[C@H](CO)[C@@H](O)[C@H](O)[C@@H]4O)[C@@H](O)[C@@H]3O[C@@H]3O[C@H](CO)[C@@H](O)[C@@H]3O)[C@@H](O[C@@H]3O[C@H](CO)[C@@H](O)[C@@H]3O)[C@@H]2O)[C@@H](O)[C@@H](O)[C@@H]1O. The molecule has 34 atom stereocenters. The highest BCUT2D eigenvalue weighted by Gasteiger charge is 2.58. The summed E-state index contributed by atoms with van der Waals surface area (Å²) in [4.78, 5) is 0. The third-order valence-corrected chi connectivity index (χ3v) is 14.5. The van der Waals surface area contributed by atoms with Gasteiger partial charge in [0.15, 0.2) is 50.3 Å². The second-order valence-corrected chi connectivity index (χ2v) is 19.6. The summed E-state index contributed by atoms with van der Waals surface area (Å²) >= 11 is 0. The maximum atomic E-state index is 11.8. The van der Waals surface area contributed by atoms with Gasteiger partial charge in [-0.2, -0.15) is 0 Å². The van der Waals surface area contributed by atoms with E-state index in [1.807, 2.05) is 0 Å². The molecule has 0 aromatic heterocycles. The quantitative estimate of drug-likeness (QED) is 0.0479. The first-order chi connectivity index (χ1) is 36.6. The van der Waals surface area contributed by atoms with Gasteiger partial charge >= 0.3 is 0 Å². The van der Waals surface area contributed by atoms with Crippen molar-refractivity contribution in [2.75, 3.05) is 52.9 Å². The van der Waals surface area contributed by atoms with Gasteiger partial charge in [-0.1, -0.05) is 0 Å². The summed E-state index contributed by atoms with van der Waals surface area (Å²) in [7, 11) is 0. The third-order valence-electron chi connectivity index (χ3n) is 14.5. The molecule has 20 N–H and O–H groups in total. The number of ether oxygens (including phenoxy) is 15. The predicted octanol–water partition coefficient (Wildman–Crippen LogP) is -14.6. The molecule has 448 valence electrons. The van der Waals surface area contributed by atoms with Crippen molar-refractivity contribution in [3.05, 3.63) is 0 Å². The number of rotatable bonds is 22. The molecule has 35 heteroatoms. The van der Waals surface area contributed by atoms with Crippen molar-refractivity contribution in [3.8, 4) is 0 Å². The molecule has 0 spiro atoms. The summed E-state index contributed by atoms with van der Waals surface area (Å²) in [6.45, 7) is -6.14. The molecule has 8 aliphatic rings. The van der Waals surface area contributed by atoms with Crippen molar-refractivity contribution in [2.24, 2.45) is 0 Å². The zero-order valence-electron chi connectivity index (χ0n) is 40.4. The molecule has 8 saturated heterocycles. The van der Waals surface area contributed by atoms with Crippen LogP contribution in [0.2, 0.25) is 0 Å². The van der Waals surface area contributed by atoms with Gasteiger partial charge in [-0.3, -0.25) is 0 Å². The van der Waals surface area contributed by atoms with E-state index in [-0.39, 0.29) is 0 Å². The van der Waals surface area contributed by atoms with E-state index in [2.05, 4.69) is 0 Å². The molecule has 0 amide bonds. The van der Waals surface area contributed by atoms with Crippen molar-refractivity contribution in [1.82, 2.24) is 0 Å². The molecule has 1 unspecified atom stereocenters. The minimum Gasteiger partial charge on any atom is -0.394 e. The highest BCUT2D eigenvalue weighted by atomic mass is 16.8. The minimum atomic E-state index is -1.96. The van der Waals surface area contributed by atoms with Crippen molar-refractivity contribution in [3.63, 3.8) is 0 Å². The Hall–Kier alpha value is -1.40. The molecule has 0 saturated carbocycles. The van der Waals surface area contributed by atoms with Crippen molar-refractivity contribution in [1.29, 1.82) is 0 Å². The van der Waals surface area contributed by atoms with E-state index < -0.39 is 262 Å². The fourth-order valence-electron chi connectivity index (χ4n) is 9.82. The Morgan fingerprint density at radius 3 is 0.922 bits per heavy atom. The lowest BCUT2D eigenvalue weighted by atomic mass is 9.99. The Bertz CT molecular complexity index is 1810.